The SMILES string of the molecule is Brc1ccc(-c2c[nH]c3[n+]2CCC3)cc1. The van der Waals surface area contributed by atoms with Gasteiger partial charge in [0.1, 0.15) is 6.20 Å². The number of H-pyrrole nitrogens is 1. The molecule has 1 aliphatic rings. The fourth-order valence-corrected chi connectivity index (χ4v) is 2.44. The van der Waals surface area contributed by atoms with Crippen LogP contribution in [0.2, 0.25) is 0 Å². The zero-order valence-corrected chi connectivity index (χ0v) is 9.92. The van der Waals surface area contributed by atoms with E-state index in [0.29, 0.717) is 0 Å². The minimum atomic E-state index is 1.13. The standard InChI is InChI=1S/C12H11BrN2/c13-10-5-3-9(4-6-10)11-8-14-12-2-1-7-15(11)12/h3-6,8H,1-2,7H2/p+1. The smallest absolute Gasteiger partial charge is 0.247 e. The van der Waals surface area contributed by atoms with Crippen molar-refractivity contribution in [2.24, 2.45) is 0 Å². The summed E-state index contributed by atoms with van der Waals surface area (Å²) < 4.78 is 3.51. The van der Waals surface area contributed by atoms with Crippen LogP contribution in [0.4, 0.5) is 0 Å². The van der Waals surface area contributed by atoms with Gasteiger partial charge in [-0.2, -0.15) is 0 Å². The largest absolute Gasteiger partial charge is 0.254 e. The van der Waals surface area contributed by atoms with Gasteiger partial charge in [-0.25, -0.2) is 9.55 Å². The molecule has 3 rings (SSSR count). The molecule has 0 bridgehead atoms. The second kappa shape index (κ2) is 3.49. The lowest BCUT2D eigenvalue weighted by atomic mass is 10.2. The Morgan fingerprint density at radius 3 is 2.80 bits per heavy atom. The second-order valence-electron chi connectivity index (χ2n) is 3.88. The molecule has 0 amide bonds. The number of benzene rings is 1. The van der Waals surface area contributed by atoms with Crippen LogP contribution >= 0.6 is 15.9 Å². The Hall–Kier alpha value is -1.09. The average molecular weight is 264 g/mol. The number of hydrogen-bond donors (Lipinski definition) is 1. The van der Waals surface area contributed by atoms with E-state index in [1.54, 1.807) is 0 Å². The molecule has 3 heteroatoms. The van der Waals surface area contributed by atoms with E-state index in [2.05, 4.69) is 55.9 Å². The molecular weight excluding hydrogens is 252 g/mol. The lowest BCUT2D eigenvalue weighted by Gasteiger charge is -1.98. The van der Waals surface area contributed by atoms with Gasteiger partial charge in [-0.05, 0) is 30.7 Å². The van der Waals surface area contributed by atoms with Crippen molar-refractivity contribution in [1.29, 1.82) is 0 Å². The summed E-state index contributed by atoms with van der Waals surface area (Å²) in [7, 11) is 0. The number of halogens is 1. The molecule has 2 aromatic rings. The highest BCUT2D eigenvalue weighted by molar-refractivity contribution is 9.10. The summed E-state index contributed by atoms with van der Waals surface area (Å²) >= 11 is 3.46. The molecule has 76 valence electrons. The normalized spacial score (nSPS) is 14.2. The number of fused-ring (bicyclic) bond motifs is 1. The second-order valence-corrected chi connectivity index (χ2v) is 4.80. The van der Waals surface area contributed by atoms with Crippen molar-refractivity contribution in [3.05, 3.63) is 40.8 Å². The van der Waals surface area contributed by atoms with Crippen LogP contribution in [-0.2, 0) is 13.0 Å². The molecule has 0 unspecified atom stereocenters. The quantitative estimate of drug-likeness (QED) is 0.764. The topological polar surface area (TPSA) is 19.7 Å². The number of aromatic nitrogens is 2. The molecule has 1 aliphatic heterocycles. The van der Waals surface area contributed by atoms with E-state index in [9.17, 15) is 0 Å². The molecule has 15 heavy (non-hydrogen) atoms. The lowest BCUT2D eigenvalue weighted by molar-refractivity contribution is -0.678. The van der Waals surface area contributed by atoms with Crippen molar-refractivity contribution >= 4 is 15.9 Å². The Labute approximate surface area is 97.1 Å². The third-order valence-corrected chi connectivity index (χ3v) is 3.46. The molecule has 0 fully saturated rings. The van der Waals surface area contributed by atoms with Crippen LogP contribution in [0, 0.1) is 0 Å². The predicted molar refractivity (Wildman–Crippen MR) is 62.4 cm³/mol. The van der Waals surface area contributed by atoms with Crippen LogP contribution in [0.3, 0.4) is 0 Å². The molecular formula is C12H12BrN2+. The monoisotopic (exact) mass is 263 g/mol. The van der Waals surface area contributed by atoms with E-state index in [-0.39, 0.29) is 0 Å². The molecule has 0 aliphatic carbocycles. The first-order valence-corrected chi connectivity index (χ1v) is 6.00. The Bertz CT molecular complexity index is 485. The molecule has 0 spiro atoms. The van der Waals surface area contributed by atoms with Gasteiger partial charge in [-0.15, -0.1) is 0 Å². The van der Waals surface area contributed by atoms with Crippen LogP contribution < -0.4 is 4.57 Å². The summed E-state index contributed by atoms with van der Waals surface area (Å²) in [5.74, 6) is 1.35. The molecule has 1 N–H and O–H groups in total. The van der Waals surface area contributed by atoms with E-state index in [1.807, 2.05) is 0 Å². The summed E-state index contributed by atoms with van der Waals surface area (Å²) in [6.07, 6.45) is 4.55. The zero-order chi connectivity index (χ0) is 10.3. The van der Waals surface area contributed by atoms with Gasteiger partial charge in [-0.3, -0.25) is 0 Å². The van der Waals surface area contributed by atoms with Gasteiger partial charge < -0.3 is 0 Å². The molecule has 2 nitrogen and oxygen atoms in total. The van der Waals surface area contributed by atoms with Crippen molar-refractivity contribution in [2.75, 3.05) is 0 Å². The Kier molecular flexibility index (Phi) is 2.13. The van der Waals surface area contributed by atoms with Crippen molar-refractivity contribution in [3.8, 4) is 11.3 Å². The highest BCUT2D eigenvalue weighted by Gasteiger charge is 2.23. The summed E-state index contributed by atoms with van der Waals surface area (Å²) in [4.78, 5) is 3.35. The lowest BCUT2D eigenvalue weighted by Crippen LogP contribution is -2.32. The fourth-order valence-electron chi connectivity index (χ4n) is 2.18. The van der Waals surface area contributed by atoms with Crippen LogP contribution in [0.5, 0.6) is 0 Å². The molecule has 0 saturated carbocycles. The average Bonchev–Trinajstić information content (AvgIpc) is 2.80. The van der Waals surface area contributed by atoms with Gasteiger partial charge in [0.2, 0.25) is 0 Å². The molecule has 0 atom stereocenters. The maximum absolute atomic E-state index is 3.46. The van der Waals surface area contributed by atoms with Crippen molar-refractivity contribution in [2.45, 2.75) is 19.4 Å². The van der Waals surface area contributed by atoms with E-state index in [4.69, 9.17) is 0 Å². The first-order valence-electron chi connectivity index (χ1n) is 5.20. The van der Waals surface area contributed by atoms with E-state index < -0.39 is 0 Å². The van der Waals surface area contributed by atoms with Gasteiger partial charge in [-0.1, -0.05) is 15.9 Å². The van der Waals surface area contributed by atoms with Crippen molar-refractivity contribution < 1.29 is 4.57 Å². The van der Waals surface area contributed by atoms with Gasteiger partial charge >= 0.3 is 0 Å². The molecule has 0 radical (unpaired) electrons. The third-order valence-electron chi connectivity index (χ3n) is 2.93. The van der Waals surface area contributed by atoms with Crippen molar-refractivity contribution in [1.82, 2.24) is 4.98 Å². The van der Waals surface area contributed by atoms with E-state index in [1.165, 1.54) is 29.9 Å². The first kappa shape index (κ1) is 9.16. The highest BCUT2D eigenvalue weighted by Crippen LogP contribution is 2.20. The number of rotatable bonds is 1. The number of hydrogen-bond acceptors (Lipinski definition) is 0. The van der Waals surface area contributed by atoms with Crippen LogP contribution in [0.1, 0.15) is 12.2 Å². The van der Waals surface area contributed by atoms with Crippen LogP contribution in [-0.4, -0.2) is 4.98 Å². The molecule has 2 heterocycles. The van der Waals surface area contributed by atoms with Gasteiger partial charge in [0.15, 0.2) is 5.69 Å². The summed E-state index contributed by atoms with van der Waals surface area (Å²) in [5, 5.41) is 0. The number of imidazole rings is 1. The first-order chi connectivity index (χ1) is 7.34. The maximum Gasteiger partial charge on any atom is 0.254 e. The fraction of sp³-hybridized carbons (Fsp3) is 0.250. The Morgan fingerprint density at radius 1 is 1.20 bits per heavy atom. The number of aryl methyl sites for hydroxylation is 1. The zero-order valence-electron chi connectivity index (χ0n) is 8.33. The highest BCUT2D eigenvalue weighted by atomic mass is 79.9. The number of nitrogens with one attached hydrogen (secondary N) is 1. The van der Waals surface area contributed by atoms with E-state index >= 15 is 0 Å². The Balaban J connectivity index is 2.09. The number of aromatic amines is 1. The van der Waals surface area contributed by atoms with Gasteiger partial charge in [0.25, 0.3) is 5.82 Å². The van der Waals surface area contributed by atoms with Crippen LogP contribution in [0.25, 0.3) is 11.3 Å². The van der Waals surface area contributed by atoms with Crippen LogP contribution in [0.15, 0.2) is 34.9 Å². The summed E-state index contributed by atoms with van der Waals surface area (Å²) in [6, 6.07) is 8.48. The maximum atomic E-state index is 3.46. The molecule has 1 aromatic carbocycles. The minimum absolute atomic E-state index is 1.13. The van der Waals surface area contributed by atoms with Gasteiger partial charge in [0.05, 0.1) is 13.0 Å². The van der Waals surface area contributed by atoms with Crippen molar-refractivity contribution in [3.63, 3.8) is 0 Å². The summed E-state index contributed by atoms with van der Waals surface area (Å²) in [6.45, 7) is 1.14. The third kappa shape index (κ3) is 1.51. The Morgan fingerprint density at radius 2 is 2.00 bits per heavy atom. The summed E-state index contributed by atoms with van der Waals surface area (Å²) in [5.41, 5.74) is 2.58. The van der Waals surface area contributed by atoms with E-state index in [0.717, 1.165) is 11.0 Å². The minimum Gasteiger partial charge on any atom is -0.247 e. The molecule has 1 aromatic heterocycles. The predicted octanol–water partition coefficient (Wildman–Crippen LogP) is 2.68. The van der Waals surface area contributed by atoms with Gasteiger partial charge in [0, 0.05) is 10.0 Å². The molecule has 0 saturated heterocycles. The number of nitrogens with zero attached hydrogens (tertiary/aromatic N) is 1.